The molecular weight excluding hydrogens is 160 g/mol. The fraction of sp³-hybridized carbons (Fsp3) is 0.750. The summed E-state index contributed by atoms with van der Waals surface area (Å²) in [4.78, 5) is 0. The van der Waals surface area contributed by atoms with Crippen molar-refractivity contribution in [3.05, 3.63) is 12.0 Å². The molecule has 3 heteroatoms. The van der Waals surface area contributed by atoms with E-state index in [9.17, 15) is 0 Å². The molecule has 0 radical (unpaired) electrons. The third-order valence-corrected chi connectivity index (χ3v) is 1.34. The van der Waals surface area contributed by atoms with E-state index >= 15 is 0 Å². The van der Waals surface area contributed by atoms with Gasteiger partial charge >= 0.3 is 0 Å². The summed E-state index contributed by atoms with van der Waals surface area (Å²) in [6.07, 6.45) is 0. The number of thioether (sulfide) groups is 1. The van der Waals surface area contributed by atoms with Crippen LogP contribution >= 0.6 is 11.8 Å². The van der Waals surface area contributed by atoms with E-state index < -0.39 is 0 Å². The normalized spacial score (nSPS) is 7.73. The molecule has 11 heavy (non-hydrogen) atoms. The zero-order chi connectivity index (χ0) is 6.95. The average Bonchev–Trinajstić information content (AvgIpc) is 1.89. The number of aliphatic hydroxyl groups is 1. The molecule has 0 atom stereocenters. The van der Waals surface area contributed by atoms with Crippen molar-refractivity contribution in [2.75, 3.05) is 25.6 Å². The molecule has 0 fully saturated rings. The zero-order valence-corrected chi connectivity index (χ0v) is 6.19. The van der Waals surface area contributed by atoms with E-state index in [1.807, 2.05) is 0 Å². The first kappa shape index (κ1) is 17.2. The second-order valence-corrected chi connectivity index (χ2v) is 2.45. The van der Waals surface area contributed by atoms with Gasteiger partial charge in [-0.3, -0.25) is 0 Å². The van der Waals surface area contributed by atoms with Crippen LogP contribution in [0.5, 0.6) is 0 Å². The minimum atomic E-state index is 0. The molecule has 1 N–H and O–H groups in total. The highest BCUT2D eigenvalue weighted by atomic mass is 32.2. The Balaban J connectivity index is -0.000000320. The first-order valence-electron chi connectivity index (χ1n) is 2.83. The van der Waals surface area contributed by atoms with Crippen LogP contribution in [0.25, 0.3) is 0 Å². The Labute approximate surface area is 74.6 Å². The van der Waals surface area contributed by atoms with Gasteiger partial charge in [-0.2, -0.15) is 0 Å². The van der Waals surface area contributed by atoms with E-state index in [-0.39, 0.29) is 21.5 Å². The van der Waals surface area contributed by atoms with E-state index in [1.165, 1.54) is 0 Å². The smallest absolute Gasteiger partial charge is 0.0698 e. The summed E-state index contributed by atoms with van der Waals surface area (Å²) in [6, 6.07) is 0. The first-order chi connectivity index (χ1) is 4.41. The summed E-state index contributed by atoms with van der Waals surface area (Å²) in [5, 5.41) is 10.1. The maximum absolute atomic E-state index is 8.27. The highest BCUT2D eigenvalue weighted by Gasteiger charge is 1.83. The standard InChI is InChI=1S/C6H12O2S.2CH4/c1-2-9-6-5-8-4-3-7;;/h2,7H,1,3-6H2;2*1H4. The Hall–Kier alpha value is 0.01000. The van der Waals surface area contributed by atoms with Crippen molar-refractivity contribution >= 4 is 11.8 Å². The Morgan fingerprint density at radius 1 is 1.36 bits per heavy atom. The van der Waals surface area contributed by atoms with Crippen LogP contribution in [0.2, 0.25) is 0 Å². The Bertz CT molecular complexity index is 67.1. The zero-order valence-electron chi connectivity index (χ0n) is 5.38. The molecule has 0 saturated heterocycles. The van der Waals surface area contributed by atoms with Gasteiger partial charge in [-0.1, -0.05) is 21.4 Å². The SMILES string of the molecule is C.C.C=CSCCOCCO. The first-order valence-corrected chi connectivity index (χ1v) is 3.87. The molecule has 0 unspecified atom stereocenters. The van der Waals surface area contributed by atoms with Gasteiger partial charge in [0.25, 0.3) is 0 Å². The Morgan fingerprint density at radius 2 is 2.00 bits per heavy atom. The Kier molecular flexibility index (Phi) is 25.8. The van der Waals surface area contributed by atoms with Crippen molar-refractivity contribution in [3.8, 4) is 0 Å². The van der Waals surface area contributed by atoms with Crippen LogP contribution < -0.4 is 0 Å². The minimum absolute atomic E-state index is 0. The Morgan fingerprint density at radius 3 is 2.45 bits per heavy atom. The minimum Gasteiger partial charge on any atom is -0.394 e. The van der Waals surface area contributed by atoms with Crippen LogP contribution in [0.1, 0.15) is 14.9 Å². The number of rotatable bonds is 6. The van der Waals surface area contributed by atoms with E-state index in [4.69, 9.17) is 9.84 Å². The molecule has 0 amide bonds. The fourth-order valence-electron chi connectivity index (χ4n) is 0.357. The summed E-state index contributed by atoms with van der Waals surface area (Å²) >= 11 is 1.62. The van der Waals surface area contributed by atoms with Gasteiger partial charge in [-0.05, 0) is 5.41 Å². The van der Waals surface area contributed by atoms with Crippen molar-refractivity contribution < 1.29 is 9.84 Å². The number of ether oxygens (including phenoxy) is 1. The molecule has 2 nitrogen and oxygen atoms in total. The van der Waals surface area contributed by atoms with Crippen LogP contribution in [0, 0.1) is 0 Å². The maximum atomic E-state index is 8.27. The fourth-order valence-corrected chi connectivity index (χ4v) is 0.738. The summed E-state index contributed by atoms with van der Waals surface area (Å²) in [6.45, 7) is 4.78. The van der Waals surface area contributed by atoms with E-state index in [1.54, 1.807) is 17.2 Å². The second-order valence-electron chi connectivity index (χ2n) is 1.37. The predicted octanol–water partition coefficient (Wildman–Crippen LogP) is 2.14. The van der Waals surface area contributed by atoms with Crippen molar-refractivity contribution in [1.82, 2.24) is 0 Å². The monoisotopic (exact) mass is 180 g/mol. The highest BCUT2D eigenvalue weighted by Crippen LogP contribution is 1.97. The van der Waals surface area contributed by atoms with E-state index in [0.717, 1.165) is 5.75 Å². The molecule has 0 aromatic carbocycles. The lowest BCUT2D eigenvalue weighted by Gasteiger charge is -1.97. The average molecular weight is 180 g/mol. The third kappa shape index (κ3) is 17.8. The van der Waals surface area contributed by atoms with E-state index in [2.05, 4.69) is 6.58 Å². The summed E-state index contributed by atoms with van der Waals surface area (Å²) in [5.41, 5.74) is 0. The molecule has 0 spiro atoms. The van der Waals surface area contributed by atoms with Gasteiger partial charge in [-0.15, -0.1) is 11.8 Å². The molecule has 0 heterocycles. The lowest BCUT2D eigenvalue weighted by Crippen LogP contribution is -2.01. The molecule has 0 aliphatic carbocycles. The maximum Gasteiger partial charge on any atom is 0.0698 e. The van der Waals surface area contributed by atoms with Gasteiger partial charge in [0.2, 0.25) is 0 Å². The molecule has 0 aromatic heterocycles. The van der Waals surface area contributed by atoms with Gasteiger partial charge < -0.3 is 9.84 Å². The summed E-state index contributed by atoms with van der Waals surface area (Å²) in [5.74, 6) is 0.920. The molecule has 0 aromatic rings. The molecule has 0 rings (SSSR count). The van der Waals surface area contributed by atoms with Gasteiger partial charge in [0.05, 0.1) is 19.8 Å². The second kappa shape index (κ2) is 16.5. The topological polar surface area (TPSA) is 29.5 Å². The molecule has 0 bridgehead atoms. The number of hydrogen-bond donors (Lipinski definition) is 1. The van der Waals surface area contributed by atoms with Gasteiger partial charge in [0.15, 0.2) is 0 Å². The molecule has 0 aliphatic heterocycles. The third-order valence-electron chi connectivity index (χ3n) is 0.699. The van der Waals surface area contributed by atoms with E-state index in [0.29, 0.717) is 13.2 Å². The van der Waals surface area contributed by atoms with Crippen molar-refractivity contribution in [2.45, 2.75) is 14.9 Å². The molecule has 70 valence electrons. The lowest BCUT2D eigenvalue weighted by molar-refractivity contribution is 0.103. The van der Waals surface area contributed by atoms with Crippen LogP contribution in [0.3, 0.4) is 0 Å². The summed E-state index contributed by atoms with van der Waals surface area (Å²) in [7, 11) is 0. The molecule has 0 aliphatic rings. The van der Waals surface area contributed by atoms with Gasteiger partial charge in [-0.25, -0.2) is 0 Å². The van der Waals surface area contributed by atoms with Crippen LogP contribution in [-0.4, -0.2) is 30.7 Å². The van der Waals surface area contributed by atoms with Gasteiger partial charge in [0.1, 0.15) is 0 Å². The van der Waals surface area contributed by atoms with Crippen LogP contribution in [0.15, 0.2) is 12.0 Å². The lowest BCUT2D eigenvalue weighted by atomic mass is 10.7. The largest absolute Gasteiger partial charge is 0.394 e. The molecule has 0 saturated carbocycles. The highest BCUT2D eigenvalue weighted by molar-refractivity contribution is 8.02. The molecular formula is C8H20O2S. The number of hydrogen-bond acceptors (Lipinski definition) is 3. The van der Waals surface area contributed by atoms with Crippen molar-refractivity contribution in [3.63, 3.8) is 0 Å². The summed E-state index contributed by atoms with van der Waals surface area (Å²) < 4.78 is 4.97. The van der Waals surface area contributed by atoms with Crippen molar-refractivity contribution in [2.24, 2.45) is 0 Å². The number of aliphatic hydroxyl groups excluding tert-OH is 1. The van der Waals surface area contributed by atoms with Gasteiger partial charge in [0, 0.05) is 5.75 Å². The van der Waals surface area contributed by atoms with Crippen LogP contribution in [-0.2, 0) is 4.74 Å². The van der Waals surface area contributed by atoms with Crippen molar-refractivity contribution in [1.29, 1.82) is 0 Å². The predicted molar refractivity (Wildman–Crippen MR) is 54.0 cm³/mol. The quantitative estimate of drug-likeness (QED) is 0.635. The van der Waals surface area contributed by atoms with Crippen LogP contribution in [0.4, 0.5) is 0 Å².